The van der Waals surface area contributed by atoms with Crippen LogP contribution in [0.25, 0.3) is 0 Å². The standard InChI is InChI=1S/C24H31ClN2O3/c1-5-18(4)26-24(29)21(6-2)27(15-19-12-8-9-13-20(19)25)23(28)16-30-22-14-10-7-11-17(22)3/h7-14,18,21H,5-6,15-16H2,1-4H3,(H,26,29)/t18-,21-/m1/s1. The number of nitrogens with zero attached hydrogens (tertiary/aromatic N) is 1. The summed E-state index contributed by atoms with van der Waals surface area (Å²) < 4.78 is 5.77. The summed E-state index contributed by atoms with van der Waals surface area (Å²) in [6, 6.07) is 14.3. The van der Waals surface area contributed by atoms with Gasteiger partial charge in [-0.2, -0.15) is 0 Å². The van der Waals surface area contributed by atoms with E-state index < -0.39 is 6.04 Å². The summed E-state index contributed by atoms with van der Waals surface area (Å²) in [4.78, 5) is 27.7. The summed E-state index contributed by atoms with van der Waals surface area (Å²) in [6.07, 6.45) is 1.31. The van der Waals surface area contributed by atoms with Crippen molar-refractivity contribution in [2.75, 3.05) is 6.61 Å². The highest BCUT2D eigenvalue weighted by Gasteiger charge is 2.30. The van der Waals surface area contributed by atoms with Gasteiger partial charge in [0.1, 0.15) is 11.8 Å². The smallest absolute Gasteiger partial charge is 0.261 e. The van der Waals surface area contributed by atoms with Crippen molar-refractivity contribution in [2.45, 2.75) is 59.2 Å². The predicted octanol–water partition coefficient (Wildman–Crippen LogP) is 4.75. The lowest BCUT2D eigenvalue weighted by molar-refractivity contribution is -0.143. The van der Waals surface area contributed by atoms with E-state index in [0.29, 0.717) is 17.2 Å². The van der Waals surface area contributed by atoms with Crippen LogP contribution in [-0.2, 0) is 16.1 Å². The van der Waals surface area contributed by atoms with Crippen LogP contribution in [0.2, 0.25) is 5.02 Å². The van der Waals surface area contributed by atoms with Crippen molar-refractivity contribution in [1.29, 1.82) is 0 Å². The fourth-order valence-electron chi connectivity index (χ4n) is 3.11. The van der Waals surface area contributed by atoms with Gasteiger partial charge in [0.25, 0.3) is 5.91 Å². The van der Waals surface area contributed by atoms with Crippen LogP contribution in [-0.4, -0.2) is 35.4 Å². The van der Waals surface area contributed by atoms with Crippen molar-refractivity contribution >= 4 is 23.4 Å². The number of hydrogen-bond acceptors (Lipinski definition) is 3. The van der Waals surface area contributed by atoms with E-state index in [9.17, 15) is 9.59 Å². The maximum absolute atomic E-state index is 13.2. The Hall–Kier alpha value is -2.53. The zero-order chi connectivity index (χ0) is 22.1. The van der Waals surface area contributed by atoms with E-state index in [0.717, 1.165) is 17.5 Å². The molecule has 2 amide bonds. The number of carbonyl (C=O) groups excluding carboxylic acids is 2. The number of aryl methyl sites for hydroxylation is 1. The molecule has 0 bridgehead atoms. The van der Waals surface area contributed by atoms with Gasteiger partial charge in [-0.25, -0.2) is 0 Å². The molecule has 2 rings (SSSR count). The summed E-state index contributed by atoms with van der Waals surface area (Å²) in [5, 5.41) is 3.55. The van der Waals surface area contributed by atoms with Gasteiger partial charge in [-0.3, -0.25) is 9.59 Å². The Morgan fingerprint density at radius 3 is 2.37 bits per heavy atom. The zero-order valence-corrected chi connectivity index (χ0v) is 18.9. The molecule has 1 N–H and O–H groups in total. The van der Waals surface area contributed by atoms with Crippen molar-refractivity contribution in [2.24, 2.45) is 0 Å². The van der Waals surface area contributed by atoms with Crippen LogP contribution < -0.4 is 10.1 Å². The number of nitrogens with one attached hydrogen (secondary N) is 1. The molecular weight excluding hydrogens is 400 g/mol. The maximum atomic E-state index is 13.2. The number of halogens is 1. The normalized spacial score (nSPS) is 12.7. The molecule has 0 radical (unpaired) electrons. The second-order valence-corrected chi connectivity index (χ2v) is 7.82. The number of carbonyl (C=O) groups is 2. The van der Waals surface area contributed by atoms with Gasteiger partial charge in [-0.05, 0) is 49.9 Å². The number of amides is 2. The van der Waals surface area contributed by atoms with Crippen LogP contribution in [0.1, 0.15) is 44.7 Å². The lowest BCUT2D eigenvalue weighted by Crippen LogP contribution is -2.51. The van der Waals surface area contributed by atoms with Gasteiger partial charge in [0.2, 0.25) is 5.91 Å². The van der Waals surface area contributed by atoms with E-state index in [1.807, 2.05) is 70.2 Å². The first-order chi connectivity index (χ1) is 14.4. The number of benzene rings is 2. The van der Waals surface area contributed by atoms with Gasteiger partial charge in [0.05, 0.1) is 0 Å². The molecule has 2 aromatic rings. The third-order valence-corrected chi connectivity index (χ3v) is 5.50. The average molecular weight is 431 g/mol. The Labute approximate surface area is 184 Å². The average Bonchev–Trinajstić information content (AvgIpc) is 2.74. The Morgan fingerprint density at radius 1 is 1.07 bits per heavy atom. The van der Waals surface area contributed by atoms with Crippen LogP contribution in [0.15, 0.2) is 48.5 Å². The summed E-state index contributed by atoms with van der Waals surface area (Å²) in [5.74, 6) is 0.230. The largest absolute Gasteiger partial charge is 0.484 e. The van der Waals surface area contributed by atoms with E-state index in [-0.39, 0.29) is 31.0 Å². The van der Waals surface area contributed by atoms with Crippen molar-refractivity contribution in [3.63, 3.8) is 0 Å². The molecule has 2 atom stereocenters. The fourth-order valence-corrected chi connectivity index (χ4v) is 3.31. The van der Waals surface area contributed by atoms with Crippen LogP contribution >= 0.6 is 11.6 Å². The molecule has 0 fully saturated rings. The molecule has 0 unspecified atom stereocenters. The second kappa shape index (κ2) is 11.6. The minimum atomic E-state index is -0.608. The SMILES string of the molecule is CC[C@@H](C)NC(=O)[C@@H](CC)N(Cc1ccccc1Cl)C(=O)COc1ccccc1C. The van der Waals surface area contributed by atoms with E-state index in [2.05, 4.69) is 5.32 Å². The lowest BCUT2D eigenvalue weighted by atomic mass is 10.1. The molecule has 0 saturated carbocycles. The van der Waals surface area contributed by atoms with Crippen LogP contribution in [0.3, 0.4) is 0 Å². The summed E-state index contributed by atoms with van der Waals surface area (Å²) in [5.41, 5.74) is 1.74. The fraction of sp³-hybridized carbons (Fsp3) is 0.417. The highest BCUT2D eigenvalue weighted by atomic mass is 35.5. The highest BCUT2D eigenvalue weighted by Crippen LogP contribution is 2.21. The molecule has 30 heavy (non-hydrogen) atoms. The monoisotopic (exact) mass is 430 g/mol. The van der Waals surface area contributed by atoms with Crippen molar-refractivity contribution in [3.05, 3.63) is 64.7 Å². The molecule has 5 nitrogen and oxygen atoms in total. The van der Waals surface area contributed by atoms with Gasteiger partial charge in [-0.1, -0.05) is 61.8 Å². The van der Waals surface area contributed by atoms with Gasteiger partial charge in [-0.15, -0.1) is 0 Å². The van der Waals surface area contributed by atoms with E-state index >= 15 is 0 Å². The Bertz CT molecular complexity index is 856. The molecule has 0 aliphatic rings. The van der Waals surface area contributed by atoms with Crippen molar-refractivity contribution < 1.29 is 14.3 Å². The summed E-state index contributed by atoms with van der Waals surface area (Å²) >= 11 is 6.33. The molecule has 0 spiro atoms. The third-order valence-electron chi connectivity index (χ3n) is 5.13. The van der Waals surface area contributed by atoms with Crippen molar-refractivity contribution in [3.8, 4) is 5.75 Å². The third kappa shape index (κ3) is 6.49. The van der Waals surface area contributed by atoms with Gasteiger partial charge in [0, 0.05) is 17.6 Å². The number of rotatable bonds is 10. The van der Waals surface area contributed by atoms with Crippen LogP contribution in [0.5, 0.6) is 5.75 Å². The summed E-state index contributed by atoms with van der Waals surface area (Å²) in [7, 11) is 0. The lowest BCUT2D eigenvalue weighted by Gasteiger charge is -2.31. The zero-order valence-electron chi connectivity index (χ0n) is 18.2. The van der Waals surface area contributed by atoms with Crippen molar-refractivity contribution in [1.82, 2.24) is 10.2 Å². The Morgan fingerprint density at radius 2 is 1.73 bits per heavy atom. The quantitative estimate of drug-likeness (QED) is 0.591. The first-order valence-electron chi connectivity index (χ1n) is 10.4. The minimum absolute atomic E-state index is 0.0343. The topological polar surface area (TPSA) is 58.6 Å². The first-order valence-corrected chi connectivity index (χ1v) is 10.8. The molecule has 0 aliphatic carbocycles. The van der Waals surface area contributed by atoms with Crippen LogP contribution in [0.4, 0.5) is 0 Å². The molecular formula is C24H31ClN2O3. The first kappa shape index (κ1) is 23.7. The molecule has 0 saturated heterocycles. The van der Waals surface area contributed by atoms with E-state index in [4.69, 9.17) is 16.3 Å². The van der Waals surface area contributed by atoms with E-state index in [1.165, 1.54) is 0 Å². The molecule has 6 heteroatoms. The Kier molecular flexibility index (Phi) is 9.18. The predicted molar refractivity (Wildman–Crippen MR) is 121 cm³/mol. The highest BCUT2D eigenvalue weighted by molar-refractivity contribution is 6.31. The van der Waals surface area contributed by atoms with Gasteiger partial charge >= 0.3 is 0 Å². The molecule has 162 valence electrons. The summed E-state index contributed by atoms with van der Waals surface area (Å²) in [6.45, 7) is 7.87. The number of ether oxygens (including phenoxy) is 1. The molecule has 2 aromatic carbocycles. The van der Waals surface area contributed by atoms with Gasteiger partial charge in [0.15, 0.2) is 6.61 Å². The van der Waals surface area contributed by atoms with Gasteiger partial charge < -0.3 is 15.0 Å². The molecule has 0 aliphatic heterocycles. The number of hydrogen-bond donors (Lipinski definition) is 1. The Balaban J connectivity index is 2.24. The minimum Gasteiger partial charge on any atom is -0.484 e. The number of para-hydroxylation sites is 1. The molecule has 0 aromatic heterocycles. The maximum Gasteiger partial charge on any atom is 0.261 e. The second-order valence-electron chi connectivity index (χ2n) is 7.41. The molecule has 0 heterocycles. The van der Waals surface area contributed by atoms with E-state index in [1.54, 1.807) is 11.0 Å². The van der Waals surface area contributed by atoms with Crippen LogP contribution in [0, 0.1) is 6.92 Å².